The molecule has 19 heavy (non-hydrogen) atoms. The summed E-state index contributed by atoms with van der Waals surface area (Å²) in [6.07, 6.45) is -0.111. The molecule has 106 valence electrons. The third kappa shape index (κ3) is 5.28. The Balaban J connectivity index is 2.44. The number of halogens is 1. The van der Waals surface area contributed by atoms with Crippen LogP contribution in [0.1, 0.15) is 27.7 Å². The molecule has 0 aromatic heterocycles. The zero-order valence-corrected chi connectivity index (χ0v) is 11.9. The lowest BCUT2D eigenvalue weighted by Crippen LogP contribution is -2.27. The zero-order chi connectivity index (χ0) is 14.4. The van der Waals surface area contributed by atoms with Crippen molar-refractivity contribution in [3.63, 3.8) is 0 Å². The van der Waals surface area contributed by atoms with E-state index in [1.807, 2.05) is 27.7 Å². The first kappa shape index (κ1) is 15.5. The quantitative estimate of drug-likeness (QED) is 0.741. The summed E-state index contributed by atoms with van der Waals surface area (Å²) in [6.45, 7) is 7.79. The summed E-state index contributed by atoms with van der Waals surface area (Å²) in [5.74, 6) is -0.128. The molecule has 1 aromatic rings. The third-order valence-corrected chi connectivity index (χ3v) is 2.90. The van der Waals surface area contributed by atoms with E-state index in [0.717, 1.165) is 0 Å². The maximum atomic E-state index is 12.7. The average Bonchev–Trinajstić information content (AvgIpc) is 2.36. The molecule has 0 fully saturated rings. The lowest BCUT2D eigenvalue weighted by Gasteiger charge is -2.20. The summed E-state index contributed by atoms with van der Waals surface area (Å²) in [4.78, 5) is 11.7. The van der Waals surface area contributed by atoms with Crippen LogP contribution in [0.4, 0.5) is 4.39 Å². The van der Waals surface area contributed by atoms with Crippen LogP contribution in [0.15, 0.2) is 24.3 Å². The van der Waals surface area contributed by atoms with Crippen LogP contribution >= 0.6 is 0 Å². The second-order valence-electron chi connectivity index (χ2n) is 5.02. The van der Waals surface area contributed by atoms with Crippen molar-refractivity contribution in [2.45, 2.75) is 33.8 Å². The van der Waals surface area contributed by atoms with E-state index in [0.29, 0.717) is 12.4 Å². The Bertz CT molecular complexity index is 400. The average molecular weight is 268 g/mol. The van der Waals surface area contributed by atoms with Crippen LogP contribution in [-0.4, -0.2) is 18.7 Å². The molecule has 0 amide bonds. The normalized spacial score (nSPS) is 14.0. The van der Waals surface area contributed by atoms with Gasteiger partial charge in [0, 0.05) is 5.92 Å². The van der Waals surface area contributed by atoms with Gasteiger partial charge in [-0.3, -0.25) is 4.79 Å². The van der Waals surface area contributed by atoms with Crippen LogP contribution < -0.4 is 4.74 Å². The van der Waals surface area contributed by atoms with Gasteiger partial charge in [0.25, 0.3) is 0 Å². The minimum absolute atomic E-state index is 0.0244. The number of carbonyl (C=O) groups excluding carboxylic acids is 1. The van der Waals surface area contributed by atoms with E-state index < -0.39 is 0 Å². The molecular formula is C15H21FO3. The van der Waals surface area contributed by atoms with Gasteiger partial charge in [-0.2, -0.15) is 0 Å². The van der Waals surface area contributed by atoms with Crippen LogP contribution in [0, 0.1) is 17.7 Å². The Hall–Kier alpha value is -1.58. The molecule has 0 radical (unpaired) electrons. The van der Waals surface area contributed by atoms with Crippen molar-refractivity contribution in [1.29, 1.82) is 0 Å². The first-order valence-electron chi connectivity index (χ1n) is 6.49. The minimum atomic E-state index is -0.297. The van der Waals surface area contributed by atoms with Gasteiger partial charge in [-0.05, 0) is 38.1 Å². The highest BCUT2D eigenvalue weighted by molar-refractivity contribution is 5.72. The SMILES string of the molecule is CC(C)OC(=O)C(C)C(C)COc1ccc(F)cc1. The molecule has 0 N–H and O–H groups in total. The number of carbonyl (C=O) groups is 1. The van der Waals surface area contributed by atoms with Gasteiger partial charge in [0.2, 0.25) is 0 Å². The highest BCUT2D eigenvalue weighted by atomic mass is 19.1. The van der Waals surface area contributed by atoms with Gasteiger partial charge >= 0.3 is 5.97 Å². The lowest BCUT2D eigenvalue weighted by molar-refractivity contribution is -0.153. The maximum Gasteiger partial charge on any atom is 0.309 e. The summed E-state index contributed by atoms with van der Waals surface area (Å²) in [6, 6.07) is 5.82. The predicted octanol–water partition coefficient (Wildman–Crippen LogP) is 3.43. The fourth-order valence-corrected chi connectivity index (χ4v) is 1.47. The van der Waals surface area contributed by atoms with Crippen molar-refractivity contribution in [3.8, 4) is 5.75 Å². The Kier molecular flexibility index (Phi) is 5.80. The fourth-order valence-electron chi connectivity index (χ4n) is 1.47. The van der Waals surface area contributed by atoms with Crippen molar-refractivity contribution in [3.05, 3.63) is 30.1 Å². The number of ether oxygens (including phenoxy) is 2. The Labute approximate surface area is 113 Å². The van der Waals surface area contributed by atoms with Gasteiger partial charge in [-0.15, -0.1) is 0 Å². The maximum absolute atomic E-state index is 12.7. The first-order valence-corrected chi connectivity index (χ1v) is 6.49. The summed E-state index contributed by atoms with van der Waals surface area (Å²) < 4.78 is 23.4. The Morgan fingerprint density at radius 1 is 1.16 bits per heavy atom. The van der Waals surface area contributed by atoms with Crippen LogP contribution in [0.3, 0.4) is 0 Å². The molecule has 0 aliphatic rings. The summed E-state index contributed by atoms with van der Waals surface area (Å²) >= 11 is 0. The van der Waals surface area contributed by atoms with Crippen LogP contribution in [-0.2, 0) is 9.53 Å². The minimum Gasteiger partial charge on any atom is -0.493 e. The molecule has 0 aliphatic carbocycles. The Morgan fingerprint density at radius 3 is 2.26 bits per heavy atom. The van der Waals surface area contributed by atoms with Gasteiger partial charge in [0.1, 0.15) is 11.6 Å². The molecule has 0 saturated heterocycles. The number of hydrogen-bond donors (Lipinski definition) is 0. The monoisotopic (exact) mass is 268 g/mol. The number of hydrogen-bond acceptors (Lipinski definition) is 3. The molecule has 3 nitrogen and oxygen atoms in total. The van der Waals surface area contributed by atoms with E-state index >= 15 is 0 Å². The smallest absolute Gasteiger partial charge is 0.309 e. The lowest BCUT2D eigenvalue weighted by atomic mass is 9.97. The van der Waals surface area contributed by atoms with E-state index in [1.165, 1.54) is 12.1 Å². The van der Waals surface area contributed by atoms with Gasteiger partial charge in [-0.25, -0.2) is 4.39 Å². The third-order valence-electron chi connectivity index (χ3n) is 2.90. The number of benzene rings is 1. The molecule has 0 spiro atoms. The molecule has 1 aromatic carbocycles. The van der Waals surface area contributed by atoms with Crippen LogP contribution in [0.25, 0.3) is 0 Å². The van der Waals surface area contributed by atoms with Crippen molar-refractivity contribution in [2.24, 2.45) is 11.8 Å². The van der Waals surface area contributed by atoms with Crippen LogP contribution in [0.5, 0.6) is 5.75 Å². The summed E-state index contributed by atoms with van der Waals surface area (Å²) in [7, 11) is 0. The molecule has 4 heteroatoms. The molecule has 2 unspecified atom stereocenters. The highest BCUT2D eigenvalue weighted by Gasteiger charge is 2.23. The van der Waals surface area contributed by atoms with E-state index in [1.54, 1.807) is 12.1 Å². The van der Waals surface area contributed by atoms with Crippen molar-refractivity contribution >= 4 is 5.97 Å². The van der Waals surface area contributed by atoms with Crippen molar-refractivity contribution < 1.29 is 18.7 Å². The fraction of sp³-hybridized carbons (Fsp3) is 0.533. The number of rotatable bonds is 6. The van der Waals surface area contributed by atoms with Gasteiger partial charge in [-0.1, -0.05) is 13.8 Å². The predicted molar refractivity (Wildman–Crippen MR) is 71.5 cm³/mol. The van der Waals surface area contributed by atoms with Crippen molar-refractivity contribution in [2.75, 3.05) is 6.61 Å². The van der Waals surface area contributed by atoms with Gasteiger partial charge in [0.05, 0.1) is 18.6 Å². The molecule has 2 atom stereocenters. The standard InChI is InChI=1S/C15H21FO3/c1-10(2)19-15(17)12(4)11(3)9-18-14-7-5-13(16)6-8-14/h5-8,10-12H,9H2,1-4H3. The second kappa shape index (κ2) is 7.12. The molecule has 0 bridgehead atoms. The largest absolute Gasteiger partial charge is 0.493 e. The molecule has 0 heterocycles. The molecule has 0 saturated carbocycles. The molecule has 1 rings (SSSR count). The molecular weight excluding hydrogens is 247 g/mol. The van der Waals surface area contributed by atoms with Crippen LogP contribution in [0.2, 0.25) is 0 Å². The number of esters is 1. The Morgan fingerprint density at radius 2 is 1.74 bits per heavy atom. The summed E-state index contributed by atoms with van der Waals surface area (Å²) in [5, 5.41) is 0. The van der Waals surface area contributed by atoms with Gasteiger partial charge < -0.3 is 9.47 Å². The van der Waals surface area contributed by atoms with E-state index in [9.17, 15) is 9.18 Å². The van der Waals surface area contributed by atoms with Gasteiger partial charge in [0.15, 0.2) is 0 Å². The topological polar surface area (TPSA) is 35.5 Å². The highest BCUT2D eigenvalue weighted by Crippen LogP contribution is 2.17. The summed E-state index contributed by atoms with van der Waals surface area (Å²) in [5.41, 5.74) is 0. The second-order valence-corrected chi connectivity index (χ2v) is 5.02. The van der Waals surface area contributed by atoms with E-state index in [4.69, 9.17) is 9.47 Å². The van der Waals surface area contributed by atoms with E-state index in [-0.39, 0.29) is 29.7 Å². The molecule has 0 aliphatic heterocycles. The first-order chi connectivity index (χ1) is 8.90. The van der Waals surface area contributed by atoms with E-state index in [2.05, 4.69) is 0 Å². The zero-order valence-electron chi connectivity index (χ0n) is 11.9. The van der Waals surface area contributed by atoms with Crippen molar-refractivity contribution in [1.82, 2.24) is 0 Å².